The maximum Gasteiger partial charge on any atom is 0.0254 e. The topological polar surface area (TPSA) is 0 Å². The molecule has 4 rings (SSSR count). The number of benzene rings is 2. The summed E-state index contributed by atoms with van der Waals surface area (Å²) >= 11 is 3.66. The molecule has 0 saturated heterocycles. The van der Waals surface area contributed by atoms with E-state index in [2.05, 4.69) is 64.5 Å². The largest absolute Gasteiger partial charge is 0.0830 e. The van der Waals surface area contributed by atoms with Gasteiger partial charge in [-0.3, -0.25) is 0 Å². The molecular weight excluding hydrogens is 272 g/mol. The molecule has 2 aromatic rings. The number of allylic oxidation sites excluding steroid dienone is 2. The van der Waals surface area contributed by atoms with Gasteiger partial charge in [0.15, 0.2) is 0 Å². The first-order valence-corrected chi connectivity index (χ1v) is 6.74. The van der Waals surface area contributed by atoms with Crippen LogP contribution in [0.2, 0.25) is 0 Å². The summed E-state index contributed by atoms with van der Waals surface area (Å²) < 4.78 is 1.20. The van der Waals surface area contributed by atoms with Crippen molar-refractivity contribution in [3.63, 3.8) is 0 Å². The zero-order valence-corrected chi connectivity index (χ0v) is 10.9. The van der Waals surface area contributed by atoms with E-state index < -0.39 is 0 Å². The minimum Gasteiger partial charge on any atom is -0.0830 e. The minimum atomic E-state index is 0.570. The van der Waals surface area contributed by atoms with Crippen LogP contribution in [0.15, 0.2) is 40.9 Å². The second-order valence-electron chi connectivity index (χ2n) is 4.73. The van der Waals surface area contributed by atoms with Gasteiger partial charge in [0.2, 0.25) is 0 Å². The molecule has 0 amide bonds. The zero-order valence-electron chi connectivity index (χ0n) is 9.28. The quantitative estimate of drug-likeness (QED) is 0.628. The first-order valence-electron chi connectivity index (χ1n) is 5.94. The third-order valence-electron chi connectivity index (χ3n) is 3.80. The lowest BCUT2D eigenvalue weighted by Crippen LogP contribution is -2.06. The summed E-state index contributed by atoms with van der Waals surface area (Å²) in [6.45, 7) is 0. The van der Waals surface area contributed by atoms with Crippen molar-refractivity contribution < 1.29 is 0 Å². The van der Waals surface area contributed by atoms with Crippen LogP contribution in [0.4, 0.5) is 0 Å². The van der Waals surface area contributed by atoms with Crippen molar-refractivity contribution >= 4 is 38.9 Å². The van der Waals surface area contributed by atoms with Gasteiger partial charge in [-0.05, 0) is 39.9 Å². The second kappa shape index (κ2) is 3.33. The molecule has 0 N–H and O–H groups in total. The highest BCUT2D eigenvalue weighted by Crippen LogP contribution is 2.43. The van der Waals surface area contributed by atoms with Crippen LogP contribution in [0.1, 0.15) is 29.0 Å². The fourth-order valence-corrected chi connectivity index (χ4v) is 3.48. The summed E-state index contributed by atoms with van der Waals surface area (Å²) in [4.78, 5) is 0. The molecule has 0 nitrogen and oxygen atoms in total. The number of rotatable bonds is 0. The Balaban J connectivity index is 2.26. The molecule has 1 unspecified atom stereocenters. The van der Waals surface area contributed by atoms with Crippen LogP contribution in [0.25, 0.3) is 22.9 Å². The van der Waals surface area contributed by atoms with Gasteiger partial charge in [0.05, 0.1) is 0 Å². The lowest BCUT2D eigenvalue weighted by Gasteiger charge is -2.26. The molecule has 0 heterocycles. The molecule has 82 valence electrons. The highest BCUT2D eigenvalue weighted by atomic mass is 79.9. The summed E-state index contributed by atoms with van der Waals surface area (Å²) in [5, 5.41) is 2.79. The number of hydrogen-bond donors (Lipinski definition) is 0. The molecule has 0 spiro atoms. The Kier molecular flexibility index (Phi) is 1.89. The smallest absolute Gasteiger partial charge is 0.0254 e. The fourth-order valence-electron chi connectivity index (χ4n) is 3.02. The molecule has 2 aromatic carbocycles. The van der Waals surface area contributed by atoms with Crippen molar-refractivity contribution in [1.82, 2.24) is 0 Å². The van der Waals surface area contributed by atoms with Crippen LogP contribution >= 0.6 is 15.9 Å². The summed E-state index contributed by atoms with van der Waals surface area (Å²) in [5.41, 5.74) is 4.24. The van der Waals surface area contributed by atoms with Gasteiger partial charge in [0.25, 0.3) is 0 Å². The number of hydrogen-bond acceptors (Lipinski definition) is 0. The molecule has 0 saturated carbocycles. The van der Waals surface area contributed by atoms with Gasteiger partial charge in [-0.15, -0.1) is 0 Å². The molecule has 0 fully saturated rings. The Bertz CT molecular complexity index is 692. The molecular formula is C16H11Br. The van der Waals surface area contributed by atoms with E-state index in [0.29, 0.717) is 5.92 Å². The van der Waals surface area contributed by atoms with Gasteiger partial charge in [-0.25, -0.2) is 0 Å². The monoisotopic (exact) mass is 282 g/mol. The average molecular weight is 283 g/mol. The summed E-state index contributed by atoms with van der Waals surface area (Å²) in [6.07, 6.45) is 10.3. The Morgan fingerprint density at radius 1 is 1.06 bits per heavy atom. The fraction of sp³-hybridized carbons (Fsp3) is 0.125. The second-order valence-corrected chi connectivity index (χ2v) is 5.59. The van der Waals surface area contributed by atoms with Gasteiger partial charge < -0.3 is 0 Å². The zero-order chi connectivity index (χ0) is 11.4. The van der Waals surface area contributed by atoms with Crippen molar-refractivity contribution in [2.45, 2.75) is 12.3 Å². The van der Waals surface area contributed by atoms with Gasteiger partial charge >= 0.3 is 0 Å². The van der Waals surface area contributed by atoms with E-state index >= 15 is 0 Å². The predicted molar refractivity (Wildman–Crippen MR) is 77.1 cm³/mol. The predicted octanol–water partition coefficient (Wildman–Crippen LogP) is 5.13. The van der Waals surface area contributed by atoms with Crippen molar-refractivity contribution in [1.29, 1.82) is 0 Å². The highest BCUT2D eigenvalue weighted by Gasteiger charge is 2.22. The van der Waals surface area contributed by atoms with Crippen LogP contribution in [0.5, 0.6) is 0 Å². The number of halogens is 1. The summed E-state index contributed by atoms with van der Waals surface area (Å²) in [6, 6.07) is 8.83. The maximum absolute atomic E-state index is 3.66. The summed E-state index contributed by atoms with van der Waals surface area (Å²) in [7, 11) is 0. The van der Waals surface area contributed by atoms with Crippen LogP contribution in [0, 0.1) is 0 Å². The first kappa shape index (κ1) is 9.67. The molecule has 1 atom stereocenters. The first-order chi connectivity index (χ1) is 8.34. The Morgan fingerprint density at radius 2 is 1.94 bits per heavy atom. The Labute approximate surface area is 109 Å². The normalized spacial score (nSPS) is 19.9. The van der Waals surface area contributed by atoms with Gasteiger partial charge in [0, 0.05) is 10.4 Å². The Morgan fingerprint density at radius 3 is 2.88 bits per heavy atom. The van der Waals surface area contributed by atoms with Crippen LogP contribution < -0.4 is 0 Å². The van der Waals surface area contributed by atoms with Crippen molar-refractivity contribution in [2.75, 3.05) is 0 Å². The standard InChI is InChI=1S/C16H11Br/c17-14-9-7-12-5-4-10-2-1-3-11-6-8-13(14)16(12)15(10)11/h1-2,4-9,11H,3H2. The van der Waals surface area contributed by atoms with E-state index in [4.69, 9.17) is 0 Å². The molecule has 17 heavy (non-hydrogen) atoms. The van der Waals surface area contributed by atoms with Crippen LogP contribution in [-0.2, 0) is 0 Å². The van der Waals surface area contributed by atoms with Crippen molar-refractivity contribution in [3.8, 4) is 0 Å². The van der Waals surface area contributed by atoms with E-state index in [1.54, 1.807) is 0 Å². The highest BCUT2D eigenvalue weighted by molar-refractivity contribution is 9.10. The van der Waals surface area contributed by atoms with Crippen LogP contribution in [0.3, 0.4) is 0 Å². The summed E-state index contributed by atoms with van der Waals surface area (Å²) in [5.74, 6) is 0.570. The van der Waals surface area contributed by atoms with Gasteiger partial charge in [-0.1, -0.05) is 58.4 Å². The van der Waals surface area contributed by atoms with E-state index in [-0.39, 0.29) is 0 Å². The molecule has 0 aromatic heterocycles. The Hall–Kier alpha value is -1.34. The third kappa shape index (κ3) is 1.23. The minimum absolute atomic E-state index is 0.570. The van der Waals surface area contributed by atoms with Crippen molar-refractivity contribution in [2.24, 2.45) is 0 Å². The average Bonchev–Trinajstić information content (AvgIpc) is 2.38. The van der Waals surface area contributed by atoms with Crippen molar-refractivity contribution in [3.05, 3.63) is 57.6 Å². The lowest BCUT2D eigenvalue weighted by atomic mass is 9.79. The van der Waals surface area contributed by atoms with Gasteiger partial charge in [-0.2, -0.15) is 0 Å². The molecule has 1 heteroatoms. The molecule has 2 aliphatic rings. The third-order valence-corrected chi connectivity index (χ3v) is 4.49. The van der Waals surface area contributed by atoms with Gasteiger partial charge in [0.1, 0.15) is 0 Å². The van der Waals surface area contributed by atoms with E-state index in [1.807, 2.05) is 0 Å². The van der Waals surface area contributed by atoms with E-state index in [9.17, 15) is 0 Å². The molecule has 0 bridgehead atoms. The van der Waals surface area contributed by atoms with Crippen LogP contribution in [-0.4, -0.2) is 0 Å². The molecule has 2 aliphatic carbocycles. The molecule has 0 aliphatic heterocycles. The maximum atomic E-state index is 3.66. The SMILES string of the molecule is Brc1ccc2ccc3c4c2c1C=CC4CC=C3. The van der Waals surface area contributed by atoms with E-state index in [1.165, 1.54) is 31.9 Å². The molecule has 0 radical (unpaired) electrons. The van der Waals surface area contributed by atoms with E-state index in [0.717, 1.165) is 6.42 Å². The lowest BCUT2D eigenvalue weighted by molar-refractivity contribution is 0.860.